The fraction of sp³-hybridized carbons (Fsp3) is 0.0417. The van der Waals surface area contributed by atoms with Crippen molar-refractivity contribution in [2.75, 3.05) is 12.4 Å². The Bertz CT molecular complexity index is 1160. The summed E-state index contributed by atoms with van der Waals surface area (Å²) in [6.07, 6.45) is 3.30. The van der Waals surface area contributed by atoms with Crippen LogP contribution in [0, 0.1) is 0 Å². The molecule has 0 saturated carbocycles. The van der Waals surface area contributed by atoms with E-state index in [9.17, 15) is 4.79 Å². The van der Waals surface area contributed by atoms with Crippen LogP contribution in [-0.2, 0) is 0 Å². The van der Waals surface area contributed by atoms with Gasteiger partial charge in [0.05, 0.1) is 24.7 Å². The van der Waals surface area contributed by atoms with Gasteiger partial charge in [0.15, 0.2) is 0 Å². The van der Waals surface area contributed by atoms with Crippen molar-refractivity contribution in [3.8, 4) is 28.3 Å². The summed E-state index contributed by atoms with van der Waals surface area (Å²) in [6.45, 7) is 0. The van der Waals surface area contributed by atoms with Gasteiger partial charge in [0, 0.05) is 39.5 Å². The molecule has 4 aromatic rings. The summed E-state index contributed by atoms with van der Waals surface area (Å²) in [6, 6.07) is 22.4. The van der Waals surface area contributed by atoms with Crippen molar-refractivity contribution in [1.82, 2.24) is 9.97 Å². The lowest BCUT2D eigenvalue weighted by Crippen LogP contribution is -2.12. The average Bonchev–Trinajstić information content (AvgIpc) is 2.80. The number of pyridine rings is 2. The Morgan fingerprint density at radius 3 is 2.40 bits per heavy atom. The standard InChI is InChI=1S/C24H18ClN3O2/c1-30-23-12-9-19(15-27-23)28-24(29)17-7-10-21(25)20(13-17)18-8-11-22(26-14-18)16-5-3-2-4-6-16/h2-15H,1H3,(H,28,29). The number of rotatable bonds is 5. The van der Waals surface area contributed by atoms with Crippen LogP contribution in [0.25, 0.3) is 22.4 Å². The van der Waals surface area contributed by atoms with E-state index in [0.717, 1.165) is 22.4 Å². The van der Waals surface area contributed by atoms with Crippen LogP contribution in [-0.4, -0.2) is 23.0 Å². The molecular weight excluding hydrogens is 398 g/mol. The summed E-state index contributed by atoms with van der Waals surface area (Å²) in [5.41, 5.74) is 4.54. The fourth-order valence-corrected chi connectivity index (χ4v) is 3.23. The van der Waals surface area contributed by atoms with E-state index in [2.05, 4.69) is 15.3 Å². The zero-order valence-electron chi connectivity index (χ0n) is 16.2. The molecule has 2 heterocycles. The van der Waals surface area contributed by atoms with E-state index < -0.39 is 0 Å². The van der Waals surface area contributed by atoms with Crippen molar-refractivity contribution in [3.63, 3.8) is 0 Å². The third-order valence-corrected chi connectivity index (χ3v) is 4.91. The quantitative estimate of drug-likeness (QED) is 0.452. The highest BCUT2D eigenvalue weighted by Gasteiger charge is 2.12. The third kappa shape index (κ3) is 4.31. The first kappa shape index (κ1) is 19.6. The molecule has 1 amide bonds. The molecule has 0 unspecified atom stereocenters. The Morgan fingerprint density at radius 2 is 1.73 bits per heavy atom. The largest absolute Gasteiger partial charge is 0.481 e. The number of aromatic nitrogens is 2. The van der Waals surface area contributed by atoms with Crippen molar-refractivity contribution in [2.24, 2.45) is 0 Å². The predicted molar refractivity (Wildman–Crippen MR) is 119 cm³/mol. The molecule has 0 aliphatic rings. The summed E-state index contributed by atoms with van der Waals surface area (Å²) in [5, 5.41) is 3.37. The number of methoxy groups -OCH3 is 1. The van der Waals surface area contributed by atoms with E-state index in [-0.39, 0.29) is 5.91 Å². The minimum absolute atomic E-state index is 0.256. The molecule has 0 spiro atoms. The minimum Gasteiger partial charge on any atom is -0.481 e. The molecule has 0 bridgehead atoms. The molecule has 0 aliphatic heterocycles. The van der Waals surface area contributed by atoms with Gasteiger partial charge in [0.2, 0.25) is 5.88 Å². The van der Waals surface area contributed by atoms with Gasteiger partial charge in [-0.1, -0.05) is 48.0 Å². The highest BCUT2D eigenvalue weighted by atomic mass is 35.5. The highest BCUT2D eigenvalue weighted by Crippen LogP contribution is 2.30. The zero-order valence-corrected chi connectivity index (χ0v) is 16.9. The van der Waals surface area contributed by atoms with Crippen LogP contribution in [0.4, 0.5) is 5.69 Å². The lowest BCUT2D eigenvalue weighted by molar-refractivity contribution is 0.102. The second-order valence-electron chi connectivity index (χ2n) is 6.54. The first-order valence-corrected chi connectivity index (χ1v) is 9.64. The molecule has 5 nitrogen and oxygen atoms in total. The van der Waals surface area contributed by atoms with Gasteiger partial charge in [-0.05, 0) is 30.3 Å². The summed E-state index contributed by atoms with van der Waals surface area (Å²) in [5.74, 6) is 0.224. The number of halogens is 1. The van der Waals surface area contributed by atoms with Gasteiger partial charge in [-0.25, -0.2) is 4.98 Å². The van der Waals surface area contributed by atoms with Crippen LogP contribution >= 0.6 is 11.6 Å². The summed E-state index contributed by atoms with van der Waals surface area (Å²) < 4.78 is 5.03. The smallest absolute Gasteiger partial charge is 0.255 e. The van der Waals surface area contributed by atoms with Crippen molar-refractivity contribution in [1.29, 1.82) is 0 Å². The van der Waals surface area contributed by atoms with Crippen LogP contribution < -0.4 is 10.1 Å². The van der Waals surface area contributed by atoms with E-state index >= 15 is 0 Å². The molecule has 0 aliphatic carbocycles. The second-order valence-corrected chi connectivity index (χ2v) is 6.94. The van der Waals surface area contributed by atoms with Gasteiger partial charge >= 0.3 is 0 Å². The topological polar surface area (TPSA) is 64.1 Å². The van der Waals surface area contributed by atoms with E-state index in [4.69, 9.17) is 16.3 Å². The molecule has 148 valence electrons. The lowest BCUT2D eigenvalue weighted by atomic mass is 10.0. The van der Waals surface area contributed by atoms with Crippen molar-refractivity contribution >= 4 is 23.2 Å². The van der Waals surface area contributed by atoms with Gasteiger partial charge in [-0.3, -0.25) is 9.78 Å². The average molecular weight is 416 g/mol. The van der Waals surface area contributed by atoms with Gasteiger partial charge < -0.3 is 10.1 Å². The molecule has 0 atom stereocenters. The van der Waals surface area contributed by atoms with Gasteiger partial charge in [0.25, 0.3) is 5.91 Å². The van der Waals surface area contributed by atoms with Crippen LogP contribution in [0.15, 0.2) is 85.2 Å². The van der Waals surface area contributed by atoms with E-state index in [1.165, 1.54) is 7.11 Å². The number of hydrogen-bond acceptors (Lipinski definition) is 4. The molecule has 0 fully saturated rings. The number of nitrogens with one attached hydrogen (secondary N) is 1. The number of carbonyl (C=O) groups excluding carboxylic acids is 1. The Morgan fingerprint density at radius 1 is 0.900 bits per heavy atom. The molecule has 0 radical (unpaired) electrons. The maximum atomic E-state index is 12.7. The number of ether oxygens (including phenoxy) is 1. The van der Waals surface area contributed by atoms with Gasteiger partial charge in [-0.2, -0.15) is 0 Å². The van der Waals surface area contributed by atoms with E-state index in [1.807, 2.05) is 42.5 Å². The molecule has 4 rings (SSSR count). The normalized spacial score (nSPS) is 10.5. The first-order chi connectivity index (χ1) is 14.6. The van der Waals surface area contributed by atoms with Gasteiger partial charge in [0.1, 0.15) is 0 Å². The molecule has 30 heavy (non-hydrogen) atoms. The van der Waals surface area contributed by atoms with Crippen LogP contribution in [0.2, 0.25) is 5.02 Å². The molecule has 2 aromatic heterocycles. The predicted octanol–water partition coefficient (Wildman–Crippen LogP) is 5.72. The Kier molecular flexibility index (Phi) is 5.72. The number of carbonyl (C=O) groups is 1. The maximum Gasteiger partial charge on any atom is 0.255 e. The number of amides is 1. The SMILES string of the molecule is COc1ccc(NC(=O)c2ccc(Cl)c(-c3ccc(-c4ccccc4)nc3)c2)cn1. The van der Waals surface area contributed by atoms with Crippen molar-refractivity contribution in [2.45, 2.75) is 0 Å². The Labute approximate surface area is 179 Å². The number of benzene rings is 2. The summed E-state index contributed by atoms with van der Waals surface area (Å²) in [7, 11) is 1.54. The summed E-state index contributed by atoms with van der Waals surface area (Å²) >= 11 is 6.40. The molecular formula is C24H18ClN3O2. The minimum atomic E-state index is -0.256. The Hall–Kier alpha value is -3.70. The molecule has 1 N–H and O–H groups in total. The van der Waals surface area contributed by atoms with Crippen LogP contribution in [0.5, 0.6) is 5.88 Å². The molecule has 0 saturated heterocycles. The maximum absolute atomic E-state index is 12.7. The van der Waals surface area contributed by atoms with E-state index in [1.54, 1.807) is 42.7 Å². The summed E-state index contributed by atoms with van der Waals surface area (Å²) in [4.78, 5) is 21.3. The Balaban J connectivity index is 1.57. The lowest BCUT2D eigenvalue weighted by Gasteiger charge is -2.10. The number of hydrogen-bond donors (Lipinski definition) is 1. The van der Waals surface area contributed by atoms with Crippen molar-refractivity contribution < 1.29 is 9.53 Å². The first-order valence-electron chi connectivity index (χ1n) is 9.27. The highest BCUT2D eigenvalue weighted by molar-refractivity contribution is 6.33. The van der Waals surface area contributed by atoms with E-state index in [0.29, 0.717) is 22.2 Å². The van der Waals surface area contributed by atoms with Gasteiger partial charge in [-0.15, -0.1) is 0 Å². The second kappa shape index (κ2) is 8.76. The third-order valence-electron chi connectivity index (χ3n) is 4.58. The zero-order chi connectivity index (χ0) is 20.9. The van der Waals surface area contributed by atoms with Crippen molar-refractivity contribution in [3.05, 3.63) is 95.8 Å². The monoisotopic (exact) mass is 415 g/mol. The number of anilines is 1. The fourth-order valence-electron chi connectivity index (χ4n) is 3.00. The van der Waals surface area contributed by atoms with Crippen LogP contribution in [0.1, 0.15) is 10.4 Å². The molecule has 2 aromatic carbocycles. The van der Waals surface area contributed by atoms with Crippen LogP contribution in [0.3, 0.4) is 0 Å². The molecule has 6 heteroatoms. The number of nitrogens with zero attached hydrogens (tertiary/aromatic N) is 2.